The predicted octanol–water partition coefficient (Wildman–Crippen LogP) is 1.57. The Morgan fingerprint density at radius 3 is 2.57 bits per heavy atom. The maximum Gasteiger partial charge on any atom is 0.323 e. The summed E-state index contributed by atoms with van der Waals surface area (Å²) < 4.78 is 4.75. The van der Waals surface area contributed by atoms with Crippen molar-refractivity contribution in [3.63, 3.8) is 0 Å². The van der Waals surface area contributed by atoms with Crippen LogP contribution in [0.3, 0.4) is 0 Å². The third kappa shape index (κ3) is 3.66. The molecule has 0 aliphatic heterocycles. The van der Waals surface area contributed by atoms with Crippen molar-refractivity contribution in [2.75, 3.05) is 13.7 Å². The Morgan fingerprint density at radius 1 is 1.50 bits per heavy atom. The maximum atomic E-state index is 11.4. The average molecular weight is 199 g/mol. The molecule has 0 heterocycles. The van der Waals surface area contributed by atoms with E-state index in [1.54, 1.807) is 0 Å². The van der Waals surface area contributed by atoms with E-state index in [2.05, 4.69) is 5.32 Å². The molecule has 0 aromatic rings. The van der Waals surface area contributed by atoms with E-state index in [-0.39, 0.29) is 12.0 Å². The van der Waals surface area contributed by atoms with Crippen molar-refractivity contribution in [2.45, 2.75) is 39.2 Å². The molecular formula is C11H21NO2. The summed E-state index contributed by atoms with van der Waals surface area (Å²) in [6, 6.07) is -0.140. The Kier molecular flexibility index (Phi) is 4.39. The number of esters is 1. The smallest absolute Gasteiger partial charge is 0.323 e. The molecule has 0 aromatic carbocycles. The lowest BCUT2D eigenvalue weighted by Crippen LogP contribution is -2.42. The largest absolute Gasteiger partial charge is 0.468 e. The molecule has 0 bridgehead atoms. The predicted molar refractivity (Wildman–Crippen MR) is 56.0 cm³/mol. The number of hydrogen-bond acceptors (Lipinski definition) is 3. The van der Waals surface area contributed by atoms with Gasteiger partial charge in [0.2, 0.25) is 0 Å². The summed E-state index contributed by atoms with van der Waals surface area (Å²) >= 11 is 0. The van der Waals surface area contributed by atoms with E-state index < -0.39 is 0 Å². The fourth-order valence-electron chi connectivity index (χ4n) is 1.57. The van der Waals surface area contributed by atoms with Gasteiger partial charge >= 0.3 is 5.97 Å². The zero-order chi connectivity index (χ0) is 10.6. The van der Waals surface area contributed by atoms with Gasteiger partial charge in [0.1, 0.15) is 6.04 Å². The number of carbonyl (C=O) groups is 1. The lowest BCUT2D eigenvalue weighted by atomic mass is 10.0. The topological polar surface area (TPSA) is 38.3 Å². The number of hydrogen-bond donors (Lipinski definition) is 1. The Morgan fingerprint density at radius 2 is 2.14 bits per heavy atom. The zero-order valence-electron chi connectivity index (χ0n) is 9.38. The van der Waals surface area contributed by atoms with Crippen molar-refractivity contribution in [3.8, 4) is 0 Å². The van der Waals surface area contributed by atoms with Crippen LogP contribution < -0.4 is 5.32 Å². The number of rotatable bonds is 6. The van der Waals surface area contributed by atoms with Crippen molar-refractivity contribution in [2.24, 2.45) is 11.8 Å². The number of carbonyl (C=O) groups excluding carboxylic acids is 1. The standard InChI is InChI=1S/C11H21NO2/c1-8(2)10(11(13)14-3)12-7-6-9-4-5-9/h8-10,12H,4-7H2,1-3H3. The van der Waals surface area contributed by atoms with Gasteiger partial charge in [0.15, 0.2) is 0 Å². The zero-order valence-corrected chi connectivity index (χ0v) is 9.38. The first kappa shape index (κ1) is 11.5. The van der Waals surface area contributed by atoms with Crippen molar-refractivity contribution in [3.05, 3.63) is 0 Å². The van der Waals surface area contributed by atoms with Crippen molar-refractivity contribution in [1.29, 1.82) is 0 Å². The minimum absolute atomic E-state index is 0.140. The van der Waals surface area contributed by atoms with Crippen molar-refractivity contribution >= 4 is 5.97 Å². The fourth-order valence-corrected chi connectivity index (χ4v) is 1.57. The molecule has 0 aromatic heterocycles. The van der Waals surface area contributed by atoms with Gasteiger partial charge in [-0.3, -0.25) is 4.79 Å². The van der Waals surface area contributed by atoms with Crippen molar-refractivity contribution in [1.82, 2.24) is 5.32 Å². The second-order valence-corrected chi connectivity index (χ2v) is 4.43. The van der Waals surface area contributed by atoms with E-state index in [1.807, 2.05) is 13.8 Å². The van der Waals surface area contributed by atoms with Gasteiger partial charge in [0.05, 0.1) is 7.11 Å². The van der Waals surface area contributed by atoms with E-state index in [0.717, 1.165) is 12.5 Å². The molecule has 1 atom stereocenters. The highest BCUT2D eigenvalue weighted by Crippen LogP contribution is 2.31. The molecule has 0 spiro atoms. The van der Waals surface area contributed by atoms with Gasteiger partial charge in [-0.1, -0.05) is 26.7 Å². The van der Waals surface area contributed by atoms with Gasteiger partial charge in [0.25, 0.3) is 0 Å². The van der Waals surface area contributed by atoms with Crippen LogP contribution in [0.4, 0.5) is 0 Å². The Labute approximate surface area is 86.2 Å². The maximum absolute atomic E-state index is 11.4. The van der Waals surface area contributed by atoms with Crippen LogP contribution in [0.25, 0.3) is 0 Å². The summed E-state index contributed by atoms with van der Waals surface area (Å²) in [4.78, 5) is 11.4. The lowest BCUT2D eigenvalue weighted by Gasteiger charge is -2.19. The summed E-state index contributed by atoms with van der Waals surface area (Å²) in [7, 11) is 1.44. The van der Waals surface area contributed by atoms with Crippen LogP contribution >= 0.6 is 0 Å². The molecule has 0 radical (unpaired) electrons. The van der Waals surface area contributed by atoms with Crippen LogP contribution in [0.2, 0.25) is 0 Å². The fraction of sp³-hybridized carbons (Fsp3) is 0.909. The van der Waals surface area contributed by atoms with Crippen LogP contribution in [0.15, 0.2) is 0 Å². The molecule has 0 saturated heterocycles. The molecule has 3 nitrogen and oxygen atoms in total. The highest BCUT2D eigenvalue weighted by atomic mass is 16.5. The van der Waals surface area contributed by atoms with Crippen LogP contribution in [0.5, 0.6) is 0 Å². The molecule has 1 rings (SSSR count). The molecule has 1 N–H and O–H groups in total. The minimum atomic E-state index is -0.143. The monoisotopic (exact) mass is 199 g/mol. The van der Waals surface area contributed by atoms with Gasteiger partial charge < -0.3 is 10.1 Å². The lowest BCUT2D eigenvalue weighted by molar-refractivity contribution is -0.144. The second kappa shape index (κ2) is 5.35. The molecular weight excluding hydrogens is 178 g/mol. The van der Waals surface area contributed by atoms with Crippen LogP contribution in [-0.2, 0) is 9.53 Å². The van der Waals surface area contributed by atoms with Gasteiger partial charge in [0, 0.05) is 0 Å². The molecule has 3 heteroatoms. The quantitative estimate of drug-likeness (QED) is 0.660. The van der Waals surface area contributed by atoms with E-state index >= 15 is 0 Å². The first-order valence-electron chi connectivity index (χ1n) is 5.46. The Bertz CT molecular complexity index is 188. The van der Waals surface area contributed by atoms with Crippen molar-refractivity contribution < 1.29 is 9.53 Å². The molecule has 0 amide bonds. The molecule has 1 saturated carbocycles. The average Bonchev–Trinajstić information content (AvgIpc) is 2.94. The van der Waals surface area contributed by atoms with Gasteiger partial charge in [-0.2, -0.15) is 0 Å². The summed E-state index contributed by atoms with van der Waals surface area (Å²) in [5.74, 6) is 1.06. The highest BCUT2D eigenvalue weighted by Gasteiger charge is 2.24. The van der Waals surface area contributed by atoms with Gasteiger partial charge in [-0.05, 0) is 24.8 Å². The summed E-state index contributed by atoms with van der Waals surface area (Å²) in [5, 5.41) is 3.27. The number of methoxy groups -OCH3 is 1. The minimum Gasteiger partial charge on any atom is -0.468 e. The number of ether oxygens (including phenoxy) is 1. The summed E-state index contributed by atoms with van der Waals surface area (Å²) in [5.41, 5.74) is 0. The van der Waals surface area contributed by atoms with Crippen LogP contribution in [-0.4, -0.2) is 25.7 Å². The SMILES string of the molecule is COC(=O)C(NCCC1CC1)C(C)C. The van der Waals surface area contributed by atoms with Gasteiger partial charge in [-0.15, -0.1) is 0 Å². The molecule has 1 aliphatic carbocycles. The molecule has 82 valence electrons. The van der Waals surface area contributed by atoms with E-state index in [0.29, 0.717) is 5.92 Å². The number of nitrogens with one attached hydrogen (secondary N) is 1. The van der Waals surface area contributed by atoms with Crippen LogP contribution in [0.1, 0.15) is 33.1 Å². The third-order valence-electron chi connectivity index (χ3n) is 2.74. The first-order chi connectivity index (χ1) is 6.65. The van der Waals surface area contributed by atoms with E-state index in [4.69, 9.17) is 4.74 Å². The highest BCUT2D eigenvalue weighted by molar-refractivity contribution is 5.75. The molecule has 1 aliphatic rings. The Balaban J connectivity index is 2.22. The molecule has 14 heavy (non-hydrogen) atoms. The first-order valence-corrected chi connectivity index (χ1v) is 5.46. The third-order valence-corrected chi connectivity index (χ3v) is 2.74. The van der Waals surface area contributed by atoms with E-state index in [9.17, 15) is 4.79 Å². The normalized spacial score (nSPS) is 18.3. The molecule has 1 unspecified atom stereocenters. The Hall–Kier alpha value is -0.570. The van der Waals surface area contributed by atoms with Gasteiger partial charge in [-0.25, -0.2) is 0 Å². The van der Waals surface area contributed by atoms with E-state index in [1.165, 1.54) is 26.4 Å². The summed E-state index contributed by atoms with van der Waals surface area (Å²) in [6.07, 6.45) is 3.93. The molecule has 1 fully saturated rings. The summed E-state index contributed by atoms with van der Waals surface area (Å²) in [6.45, 7) is 5.00. The second-order valence-electron chi connectivity index (χ2n) is 4.43. The van der Waals surface area contributed by atoms with Crippen LogP contribution in [0, 0.1) is 11.8 Å².